The number of hydrogen-bond acceptors (Lipinski definition) is 5. The minimum atomic E-state index is -0.541. The van der Waals surface area contributed by atoms with Gasteiger partial charge in [-0.05, 0) is 41.3 Å². The van der Waals surface area contributed by atoms with E-state index in [2.05, 4.69) is 20.8 Å². The van der Waals surface area contributed by atoms with Gasteiger partial charge >= 0.3 is 5.97 Å². The number of carbonyl (C=O) groups excluding carboxylic acids is 2. The summed E-state index contributed by atoms with van der Waals surface area (Å²) in [6.07, 6.45) is 0. The van der Waals surface area contributed by atoms with Gasteiger partial charge < -0.3 is 14.2 Å². The molecule has 0 amide bonds. The van der Waals surface area contributed by atoms with E-state index >= 15 is 0 Å². The van der Waals surface area contributed by atoms with E-state index in [4.69, 9.17) is 14.2 Å². The number of hydrogen-bond donors (Lipinski definition) is 0. The van der Waals surface area contributed by atoms with E-state index in [1.165, 1.54) is 14.2 Å². The smallest absolute Gasteiger partial charge is 0.338 e. The summed E-state index contributed by atoms with van der Waals surface area (Å²) in [7, 11) is 2.98. The third-order valence-corrected chi connectivity index (χ3v) is 4.03. The molecule has 138 valence electrons. The Labute approximate surface area is 153 Å². The second-order valence-electron chi connectivity index (χ2n) is 6.89. The first-order valence-corrected chi connectivity index (χ1v) is 8.29. The lowest BCUT2D eigenvalue weighted by molar-refractivity contribution is 0.0474. The Balaban J connectivity index is 2.06. The van der Waals surface area contributed by atoms with E-state index < -0.39 is 5.97 Å². The van der Waals surface area contributed by atoms with Crippen molar-refractivity contribution in [1.82, 2.24) is 0 Å². The third-order valence-electron chi connectivity index (χ3n) is 4.03. The van der Waals surface area contributed by atoms with Crippen molar-refractivity contribution < 1.29 is 23.8 Å². The maximum absolute atomic E-state index is 12.4. The molecule has 0 aliphatic heterocycles. The molecule has 0 unspecified atom stereocenters. The van der Waals surface area contributed by atoms with Gasteiger partial charge in [0.25, 0.3) is 0 Å². The molecular weight excluding hydrogens is 332 g/mol. The molecule has 0 aromatic heterocycles. The Kier molecular flexibility index (Phi) is 6.03. The maximum atomic E-state index is 12.4. The van der Waals surface area contributed by atoms with Gasteiger partial charge in [0, 0.05) is 0 Å². The first-order valence-electron chi connectivity index (χ1n) is 8.29. The Morgan fingerprint density at radius 2 is 1.58 bits per heavy atom. The van der Waals surface area contributed by atoms with Crippen LogP contribution in [0, 0.1) is 0 Å². The standard InChI is InChI=1S/C21H24O5/c1-21(2,3)15-8-6-14(7-9-15)20(23)26-13-18(22)17-12-16(24-4)10-11-19(17)25-5/h6-12H,13H2,1-5H3. The molecule has 0 heterocycles. The first kappa shape index (κ1) is 19.5. The van der Waals surface area contributed by atoms with E-state index in [9.17, 15) is 9.59 Å². The van der Waals surface area contributed by atoms with E-state index in [1.807, 2.05) is 12.1 Å². The van der Waals surface area contributed by atoms with Crippen LogP contribution in [0.2, 0.25) is 0 Å². The van der Waals surface area contributed by atoms with Crippen LogP contribution in [0.25, 0.3) is 0 Å². The number of benzene rings is 2. The number of ketones is 1. The van der Waals surface area contributed by atoms with Crippen LogP contribution in [-0.2, 0) is 10.2 Å². The van der Waals surface area contributed by atoms with E-state index in [0.717, 1.165) is 5.56 Å². The van der Waals surface area contributed by atoms with Crippen molar-refractivity contribution in [2.45, 2.75) is 26.2 Å². The van der Waals surface area contributed by atoms with Gasteiger partial charge in [-0.25, -0.2) is 4.79 Å². The lowest BCUT2D eigenvalue weighted by atomic mass is 9.87. The molecule has 2 aromatic rings. The summed E-state index contributed by atoms with van der Waals surface area (Å²) in [4.78, 5) is 24.6. The summed E-state index contributed by atoms with van der Waals surface area (Å²) >= 11 is 0. The van der Waals surface area contributed by atoms with Crippen LogP contribution in [0.4, 0.5) is 0 Å². The minimum absolute atomic E-state index is 0.00131. The molecule has 0 saturated heterocycles. The second-order valence-corrected chi connectivity index (χ2v) is 6.89. The normalized spacial score (nSPS) is 11.0. The highest BCUT2D eigenvalue weighted by molar-refractivity contribution is 6.01. The van der Waals surface area contributed by atoms with Crippen molar-refractivity contribution in [2.24, 2.45) is 0 Å². The molecule has 0 N–H and O–H groups in total. The highest BCUT2D eigenvalue weighted by atomic mass is 16.5. The summed E-state index contributed by atoms with van der Waals surface area (Å²) in [5, 5.41) is 0. The van der Waals surface area contributed by atoms with Crippen molar-refractivity contribution in [3.05, 3.63) is 59.2 Å². The van der Waals surface area contributed by atoms with Crippen LogP contribution in [0.3, 0.4) is 0 Å². The van der Waals surface area contributed by atoms with Crippen molar-refractivity contribution in [3.8, 4) is 11.5 Å². The second kappa shape index (κ2) is 8.04. The lowest BCUT2D eigenvalue weighted by Gasteiger charge is -2.18. The lowest BCUT2D eigenvalue weighted by Crippen LogP contribution is -2.16. The highest BCUT2D eigenvalue weighted by Crippen LogP contribution is 2.25. The van der Waals surface area contributed by atoms with Gasteiger partial charge in [-0.3, -0.25) is 4.79 Å². The molecule has 0 spiro atoms. The molecule has 2 aromatic carbocycles. The van der Waals surface area contributed by atoms with Gasteiger partial charge in [-0.2, -0.15) is 0 Å². The Morgan fingerprint density at radius 3 is 2.12 bits per heavy atom. The molecule has 0 saturated carbocycles. The van der Waals surface area contributed by atoms with Crippen LogP contribution in [0.5, 0.6) is 11.5 Å². The zero-order chi connectivity index (χ0) is 19.3. The summed E-state index contributed by atoms with van der Waals surface area (Å²) in [6.45, 7) is 5.92. The number of Topliss-reactive ketones (excluding diaryl/α,β-unsaturated/α-hetero) is 1. The molecule has 2 rings (SSSR count). The largest absolute Gasteiger partial charge is 0.497 e. The topological polar surface area (TPSA) is 61.8 Å². The summed E-state index contributed by atoms with van der Waals surface area (Å²) in [5.41, 5.74) is 1.83. The summed E-state index contributed by atoms with van der Waals surface area (Å²) in [6, 6.07) is 12.1. The Hall–Kier alpha value is -2.82. The van der Waals surface area contributed by atoms with Crippen molar-refractivity contribution in [2.75, 3.05) is 20.8 Å². The fraction of sp³-hybridized carbons (Fsp3) is 0.333. The number of ether oxygens (including phenoxy) is 3. The quantitative estimate of drug-likeness (QED) is 0.577. The average molecular weight is 356 g/mol. The van der Waals surface area contributed by atoms with Crippen molar-refractivity contribution >= 4 is 11.8 Å². The minimum Gasteiger partial charge on any atom is -0.497 e. The Bertz CT molecular complexity index is 785. The van der Waals surface area contributed by atoms with Crippen molar-refractivity contribution in [3.63, 3.8) is 0 Å². The monoisotopic (exact) mass is 356 g/mol. The predicted molar refractivity (Wildman–Crippen MR) is 99.3 cm³/mol. The van der Waals surface area contributed by atoms with E-state index in [0.29, 0.717) is 22.6 Å². The van der Waals surface area contributed by atoms with Gasteiger partial charge in [-0.1, -0.05) is 32.9 Å². The van der Waals surface area contributed by atoms with Gasteiger partial charge in [0.1, 0.15) is 11.5 Å². The molecule has 5 nitrogen and oxygen atoms in total. The highest BCUT2D eigenvalue weighted by Gasteiger charge is 2.18. The maximum Gasteiger partial charge on any atom is 0.338 e. The van der Waals surface area contributed by atoms with Crippen LogP contribution in [-0.4, -0.2) is 32.6 Å². The SMILES string of the molecule is COc1ccc(OC)c(C(=O)COC(=O)c2ccc(C(C)(C)C)cc2)c1. The molecule has 0 radical (unpaired) electrons. The molecule has 0 bridgehead atoms. The van der Waals surface area contributed by atoms with E-state index in [1.54, 1.807) is 30.3 Å². The summed E-state index contributed by atoms with van der Waals surface area (Å²) in [5.74, 6) is 0.0284. The van der Waals surface area contributed by atoms with Crippen molar-refractivity contribution in [1.29, 1.82) is 0 Å². The number of esters is 1. The van der Waals surface area contributed by atoms with Crippen LogP contribution >= 0.6 is 0 Å². The average Bonchev–Trinajstić information content (AvgIpc) is 2.64. The molecule has 0 atom stereocenters. The van der Waals surface area contributed by atoms with Gasteiger partial charge in [0.15, 0.2) is 6.61 Å². The third kappa shape index (κ3) is 4.63. The number of methoxy groups -OCH3 is 2. The molecular formula is C21H24O5. The molecule has 0 fully saturated rings. The zero-order valence-corrected chi connectivity index (χ0v) is 15.8. The first-order chi connectivity index (χ1) is 12.3. The van der Waals surface area contributed by atoms with Crippen LogP contribution in [0.15, 0.2) is 42.5 Å². The van der Waals surface area contributed by atoms with E-state index in [-0.39, 0.29) is 17.8 Å². The predicted octanol–water partition coefficient (Wildman–Crippen LogP) is 4.04. The van der Waals surface area contributed by atoms with Gasteiger partial charge in [0.2, 0.25) is 5.78 Å². The fourth-order valence-corrected chi connectivity index (χ4v) is 2.43. The molecule has 26 heavy (non-hydrogen) atoms. The molecule has 0 aliphatic carbocycles. The van der Waals surface area contributed by atoms with Crippen LogP contribution < -0.4 is 9.47 Å². The molecule has 5 heteroatoms. The summed E-state index contributed by atoms with van der Waals surface area (Å²) < 4.78 is 15.5. The zero-order valence-electron chi connectivity index (χ0n) is 15.8. The Morgan fingerprint density at radius 1 is 0.923 bits per heavy atom. The van der Waals surface area contributed by atoms with Gasteiger partial charge in [0.05, 0.1) is 25.3 Å². The molecule has 0 aliphatic rings. The number of carbonyl (C=O) groups is 2. The number of rotatable bonds is 6. The van der Waals surface area contributed by atoms with Crippen LogP contribution in [0.1, 0.15) is 47.1 Å². The van der Waals surface area contributed by atoms with Gasteiger partial charge in [-0.15, -0.1) is 0 Å². The fourth-order valence-electron chi connectivity index (χ4n) is 2.43.